The summed E-state index contributed by atoms with van der Waals surface area (Å²) in [6.07, 6.45) is 6.53. The standard InChI is InChI=1S/C31H29Cl2N3O2/c1-17(2)21-12-22(27-16-34-19(4)35-30(27)38-5)14-26-25(13-21)29(20-7-10-23(32)11-8-20)36(31(26)37)28-15-24(33)9-6-18(28)3/h6-12,14-17,29H,13H2,1-5H3. The minimum Gasteiger partial charge on any atom is -0.480 e. The van der Waals surface area contributed by atoms with E-state index in [2.05, 4.69) is 29.9 Å². The topological polar surface area (TPSA) is 55.3 Å². The van der Waals surface area contributed by atoms with Crippen LogP contribution in [-0.2, 0) is 4.79 Å². The fraction of sp³-hybridized carbons (Fsp3) is 0.258. The Hall–Kier alpha value is -3.41. The molecule has 1 unspecified atom stereocenters. The number of allylic oxidation sites excluding steroid dienone is 3. The number of benzene rings is 2. The summed E-state index contributed by atoms with van der Waals surface area (Å²) in [6, 6.07) is 13.1. The van der Waals surface area contributed by atoms with Gasteiger partial charge in [-0.15, -0.1) is 0 Å². The number of hydrogen-bond donors (Lipinski definition) is 0. The van der Waals surface area contributed by atoms with Crippen molar-refractivity contribution >= 4 is 40.4 Å². The summed E-state index contributed by atoms with van der Waals surface area (Å²) in [7, 11) is 1.60. The van der Waals surface area contributed by atoms with Crippen LogP contribution in [0.3, 0.4) is 0 Å². The lowest BCUT2D eigenvalue weighted by molar-refractivity contribution is -0.114. The number of carbonyl (C=O) groups excluding carboxylic acids is 1. The molecule has 0 N–H and O–H groups in total. The predicted octanol–water partition coefficient (Wildman–Crippen LogP) is 7.86. The van der Waals surface area contributed by atoms with Crippen molar-refractivity contribution in [3.05, 3.63) is 110 Å². The number of aryl methyl sites for hydroxylation is 2. The third-order valence-electron chi connectivity index (χ3n) is 7.16. The van der Waals surface area contributed by atoms with Crippen LogP contribution in [0, 0.1) is 19.8 Å². The lowest BCUT2D eigenvalue weighted by atomic mass is 9.88. The van der Waals surface area contributed by atoms with Crippen LogP contribution in [-0.4, -0.2) is 23.0 Å². The van der Waals surface area contributed by atoms with Gasteiger partial charge in [0.05, 0.1) is 18.7 Å². The van der Waals surface area contributed by atoms with Gasteiger partial charge in [-0.3, -0.25) is 9.69 Å². The number of ether oxygens (including phenoxy) is 1. The molecule has 2 aliphatic rings. The molecule has 0 spiro atoms. The lowest BCUT2D eigenvalue weighted by Crippen LogP contribution is -2.31. The largest absolute Gasteiger partial charge is 0.480 e. The van der Waals surface area contributed by atoms with E-state index in [1.165, 1.54) is 5.57 Å². The van der Waals surface area contributed by atoms with Gasteiger partial charge in [0.25, 0.3) is 5.91 Å². The zero-order valence-corrected chi connectivity index (χ0v) is 23.6. The number of nitrogens with zero attached hydrogens (tertiary/aromatic N) is 3. The fourth-order valence-electron chi connectivity index (χ4n) is 5.12. The number of anilines is 1. The lowest BCUT2D eigenvalue weighted by Gasteiger charge is -2.30. The number of amides is 1. The Balaban J connectivity index is 1.76. The molecular weight excluding hydrogens is 517 g/mol. The molecule has 5 rings (SSSR count). The van der Waals surface area contributed by atoms with Crippen LogP contribution in [0.25, 0.3) is 5.57 Å². The first-order valence-electron chi connectivity index (χ1n) is 12.6. The highest BCUT2D eigenvalue weighted by Crippen LogP contribution is 2.48. The second-order valence-electron chi connectivity index (χ2n) is 9.99. The molecule has 0 saturated carbocycles. The minimum atomic E-state index is -0.305. The highest BCUT2D eigenvalue weighted by Gasteiger charge is 2.42. The molecule has 0 fully saturated rings. The van der Waals surface area contributed by atoms with E-state index in [4.69, 9.17) is 27.9 Å². The van der Waals surface area contributed by atoms with Gasteiger partial charge < -0.3 is 4.74 Å². The first-order chi connectivity index (χ1) is 18.2. The molecule has 2 aromatic carbocycles. The Morgan fingerprint density at radius 1 is 1.03 bits per heavy atom. The Morgan fingerprint density at radius 2 is 1.74 bits per heavy atom. The zero-order valence-electron chi connectivity index (χ0n) is 22.0. The third kappa shape index (κ3) is 4.77. The van der Waals surface area contributed by atoms with E-state index >= 15 is 0 Å². The van der Waals surface area contributed by atoms with Gasteiger partial charge in [0.2, 0.25) is 5.88 Å². The van der Waals surface area contributed by atoms with Gasteiger partial charge >= 0.3 is 0 Å². The molecule has 2 heterocycles. The molecule has 1 aliphatic carbocycles. The molecule has 3 aromatic rings. The average Bonchev–Trinajstić information content (AvgIpc) is 3.02. The van der Waals surface area contributed by atoms with E-state index in [9.17, 15) is 4.79 Å². The first kappa shape index (κ1) is 26.2. The number of halogens is 2. The molecule has 194 valence electrons. The summed E-state index contributed by atoms with van der Waals surface area (Å²) >= 11 is 12.7. The third-order valence-corrected chi connectivity index (χ3v) is 7.64. The van der Waals surface area contributed by atoms with E-state index in [1.807, 2.05) is 67.3 Å². The Morgan fingerprint density at radius 3 is 2.42 bits per heavy atom. The summed E-state index contributed by atoms with van der Waals surface area (Å²) in [5.74, 6) is 1.28. The van der Waals surface area contributed by atoms with Crippen molar-refractivity contribution in [2.75, 3.05) is 12.0 Å². The molecule has 7 heteroatoms. The molecule has 0 radical (unpaired) electrons. The summed E-state index contributed by atoms with van der Waals surface area (Å²) in [5.41, 5.74) is 7.26. The van der Waals surface area contributed by atoms with E-state index in [0.717, 1.165) is 33.5 Å². The second kappa shape index (κ2) is 10.4. The maximum absolute atomic E-state index is 14.3. The van der Waals surface area contributed by atoms with Crippen LogP contribution >= 0.6 is 23.2 Å². The van der Waals surface area contributed by atoms with Crippen LogP contribution in [0.5, 0.6) is 5.88 Å². The van der Waals surface area contributed by atoms with Crippen molar-refractivity contribution in [2.24, 2.45) is 5.92 Å². The van der Waals surface area contributed by atoms with Crippen molar-refractivity contribution in [3.63, 3.8) is 0 Å². The minimum absolute atomic E-state index is 0.0757. The quantitative estimate of drug-likeness (QED) is 0.327. The highest BCUT2D eigenvalue weighted by atomic mass is 35.5. The number of rotatable bonds is 5. The van der Waals surface area contributed by atoms with E-state index in [-0.39, 0.29) is 17.9 Å². The van der Waals surface area contributed by atoms with Gasteiger partial charge in [-0.1, -0.05) is 66.9 Å². The monoisotopic (exact) mass is 545 g/mol. The summed E-state index contributed by atoms with van der Waals surface area (Å²) in [6.45, 7) is 8.17. The Kier molecular flexibility index (Phi) is 7.17. The number of aromatic nitrogens is 2. The van der Waals surface area contributed by atoms with Gasteiger partial charge in [0.1, 0.15) is 5.82 Å². The van der Waals surface area contributed by atoms with Gasteiger partial charge in [0.15, 0.2) is 0 Å². The number of carbonyl (C=O) groups is 1. The van der Waals surface area contributed by atoms with Crippen molar-refractivity contribution in [1.82, 2.24) is 9.97 Å². The zero-order chi connectivity index (χ0) is 27.1. The molecule has 0 bridgehead atoms. The molecule has 5 nitrogen and oxygen atoms in total. The van der Waals surface area contributed by atoms with Crippen LogP contribution < -0.4 is 9.64 Å². The molecule has 1 amide bonds. The van der Waals surface area contributed by atoms with Crippen molar-refractivity contribution in [1.29, 1.82) is 0 Å². The molecule has 1 aliphatic heterocycles. The second-order valence-corrected chi connectivity index (χ2v) is 10.9. The SMILES string of the molecule is COc1nc(C)ncc1C1=CC2=C(CC(C(C)C)=C1)C(c1ccc(Cl)cc1)N(c1cc(Cl)ccc1C)C2=O. The molecule has 0 saturated heterocycles. The van der Waals surface area contributed by atoms with Crippen LogP contribution in [0.15, 0.2) is 77.5 Å². The smallest absolute Gasteiger partial charge is 0.259 e. The van der Waals surface area contributed by atoms with Gasteiger partial charge in [-0.05, 0) is 78.8 Å². The Bertz CT molecular complexity index is 1520. The molecule has 1 aromatic heterocycles. The van der Waals surface area contributed by atoms with Crippen LogP contribution in [0.1, 0.15) is 48.8 Å². The van der Waals surface area contributed by atoms with Crippen LogP contribution in [0.4, 0.5) is 5.69 Å². The van der Waals surface area contributed by atoms with Crippen molar-refractivity contribution in [2.45, 2.75) is 40.2 Å². The predicted molar refractivity (Wildman–Crippen MR) is 154 cm³/mol. The van der Waals surface area contributed by atoms with E-state index in [1.54, 1.807) is 13.3 Å². The summed E-state index contributed by atoms with van der Waals surface area (Å²) < 4.78 is 5.62. The van der Waals surface area contributed by atoms with Crippen LogP contribution in [0.2, 0.25) is 10.0 Å². The van der Waals surface area contributed by atoms with Gasteiger partial charge in [-0.25, -0.2) is 4.98 Å². The number of methoxy groups -OCH3 is 1. The van der Waals surface area contributed by atoms with Crippen molar-refractivity contribution < 1.29 is 9.53 Å². The molecular formula is C31H29Cl2N3O2. The summed E-state index contributed by atoms with van der Waals surface area (Å²) in [5, 5.41) is 1.23. The fourth-order valence-corrected chi connectivity index (χ4v) is 5.41. The van der Waals surface area contributed by atoms with E-state index in [0.29, 0.717) is 33.7 Å². The Labute approximate surface area is 233 Å². The molecule has 38 heavy (non-hydrogen) atoms. The van der Waals surface area contributed by atoms with Gasteiger partial charge in [0, 0.05) is 27.5 Å². The number of hydrogen-bond acceptors (Lipinski definition) is 4. The average molecular weight is 546 g/mol. The van der Waals surface area contributed by atoms with Crippen molar-refractivity contribution in [3.8, 4) is 5.88 Å². The molecule has 1 atom stereocenters. The van der Waals surface area contributed by atoms with E-state index < -0.39 is 0 Å². The normalized spacial score (nSPS) is 17.4. The van der Waals surface area contributed by atoms with Gasteiger partial charge in [-0.2, -0.15) is 4.98 Å². The maximum atomic E-state index is 14.3. The highest BCUT2D eigenvalue weighted by molar-refractivity contribution is 6.31. The first-order valence-corrected chi connectivity index (χ1v) is 13.3. The maximum Gasteiger partial charge on any atom is 0.259 e. The summed E-state index contributed by atoms with van der Waals surface area (Å²) in [4.78, 5) is 25.1.